The van der Waals surface area contributed by atoms with Gasteiger partial charge in [0, 0.05) is 10.7 Å². The van der Waals surface area contributed by atoms with Gasteiger partial charge in [-0.1, -0.05) is 35.9 Å². The molecule has 0 radical (unpaired) electrons. The summed E-state index contributed by atoms with van der Waals surface area (Å²) in [6.45, 7) is 1.96. The second kappa shape index (κ2) is 5.81. The van der Waals surface area contributed by atoms with Crippen LogP contribution in [0.3, 0.4) is 0 Å². The van der Waals surface area contributed by atoms with Crippen LogP contribution >= 0.6 is 11.6 Å². The SMILES string of the molecule is Cc1ccccc1N[C@H]1CC(=O)N(c2cccc(Cl)c2)C1=O. The molecule has 0 saturated carbocycles. The first kappa shape index (κ1) is 14.6. The number of nitrogens with one attached hydrogen (secondary N) is 1. The molecule has 22 heavy (non-hydrogen) atoms. The van der Waals surface area contributed by atoms with Crippen LogP contribution in [0.4, 0.5) is 11.4 Å². The minimum Gasteiger partial charge on any atom is -0.373 e. The first-order valence-electron chi connectivity index (χ1n) is 7.01. The number of amides is 2. The maximum atomic E-state index is 12.5. The fourth-order valence-corrected chi connectivity index (χ4v) is 2.74. The van der Waals surface area contributed by atoms with Gasteiger partial charge in [-0.2, -0.15) is 0 Å². The minimum atomic E-state index is -0.549. The van der Waals surface area contributed by atoms with E-state index in [1.165, 1.54) is 4.90 Å². The predicted molar refractivity (Wildman–Crippen MR) is 87.2 cm³/mol. The fraction of sp³-hybridized carbons (Fsp3) is 0.176. The van der Waals surface area contributed by atoms with Gasteiger partial charge in [0.1, 0.15) is 6.04 Å². The molecule has 1 fully saturated rings. The molecule has 1 aliphatic heterocycles. The van der Waals surface area contributed by atoms with E-state index in [0.29, 0.717) is 10.7 Å². The number of rotatable bonds is 3. The van der Waals surface area contributed by atoms with E-state index < -0.39 is 6.04 Å². The van der Waals surface area contributed by atoms with Crippen LogP contribution in [0.25, 0.3) is 0 Å². The number of para-hydroxylation sites is 1. The largest absolute Gasteiger partial charge is 0.373 e. The number of benzene rings is 2. The molecule has 1 saturated heterocycles. The van der Waals surface area contributed by atoms with Crippen LogP contribution in [0.1, 0.15) is 12.0 Å². The predicted octanol–water partition coefficient (Wildman–Crippen LogP) is 3.39. The molecule has 1 atom stereocenters. The van der Waals surface area contributed by atoms with Crippen LogP contribution in [0.5, 0.6) is 0 Å². The van der Waals surface area contributed by atoms with Crippen molar-refractivity contribution in [3.05, 3.63) is 59.1 Å². The normalized spacial score (nSPS) is 17.9. The third-order valence-electron chi connectivity index (χ3n) is 3.69. The zero-order chi connectivity index (χ0) is 15.7. The molecule has 5 heteroatoms. The molecule has 0 spiro atoms. The Labute approximate surface area is 133 Å². The second-order valence-corrected chi connectivity index (χ2v) is 5.70. The summed E-state index contributed by atoms with van der Waals surface area (Å²) in [4.78, 5) is 25.9. The average Bonchev–Trinajstić information content (AvgIpc) is 2.76. The first-order chi connectivity index (χ1) is 10.6. The van der Waals surface area contributed by atoms with Gasteiger partial charge in [-0.3, -0.25) is 9.59 Å². The highest BCUT2D eigenvalue weighted by Gasteiger charge is 2.39. The lowest BCUT2D eigenvalue weighted by atomic mass is 10.1. The number of hydrogen-bond donors (Lipinski definition) is 1. The van der Waals surface area contributed by atoms with Gasteiger partial charge in [0.25, 0.3) is 5.91 Å². The van der Waals surface area contributed by atoms with Gasteiger partial charge in [-0.05, 0) is 36.8 Å². The molecular weight excluding hydrogens is 300 g/mol. The molecule has 4 nitrogen and oxygen atoms in total. The average molecular weight is 315 g/mol. The van der Waals surface area contributed by atoms with E-state index in [9.17, 15) is 9.59 Å². The first-order valence-corrected chi connectivity index (χ1v) is 7.38. The Morgan fingerprint density at radius 1 is 1.14 bits per heavy atom. The van der Waals surface area contributed by atoms with Gasteiger partial charge in [0.05, 0.1) is 12.1 Å². The Kier molecular flexibility index (Phi) is 3.86. The lowest BCUT2D eigenvalue weighted by Crippen LogP contribution is -2.34. The molecule has 0 unspecified atom stereocenters. The van der Waals surface area contributed by atoms with E-state index in [1.54, 1.807) is 24.3 Å². The third-order valence-corrected chi connectivity index (χ3v) is 3.92. The summed E-state index contributed by atoms with van der Waals surface area (Å²) in [5, 5.41) is 3.65. The molecule has 1 heterocycles. The Hall–Kier alpha value is -2.33. The highest BCUT2D eigenvalue weighted by Crippen LogP contribution is 2.27. The number of carbonyl (C=O) groups is 2. The van der Waals surface area contributed by atoms with Crippen LogP contribution in [-0.2, 0) is 9.59 Å². The molecule has 0 aromatic heterocycles. The van der Waals surface area contributed by atoms with E-state index in [1.807, 2.05) is 31.2 Å². The molecule has 1 aliphatic rings. The van der Waals surface area contributed by atoms with Crippen molar-refractivity contribution in [1.82, 2.24) is 0 Å². The van der Waals surface area contributed by atoms with Gasteiger partial charge in [-0.25, -0.2) is 4.90 Å². The van der Waals surface area contributed by atoms with Gasteiger partial charge < -0.3 is 5.32 Å². The summed E-state index contributed by atoms with van der Waals surface area (Å²) >= 11 is 5.94. The zero-order valence-corrected chi connectivity index (χ0v) is 12.8. The molecule has 0 aliphatic carbocycles. The number of hydrogen-bond acceptors (Lipinski definition) is 3. The number of aryl methyl sites for hydroxylation is 1. The summed E-state index contributed by atoms with van der Waals surface area (Å²) in [5.41, 5.74) is 2.40. The maximum Gasteiger partial charge on any atom is 0.256 e. The topological polar surface area (TPSA) is 49.4 Å². The third kappa shape index (κ3) is 2.70. The van der Waals surface area contributed by atoms with Crippen LogP contribution in [0.2, 0.25) is 5.02 Å². The lowest BCUT2D eigenvalue weighted by Gasteiger charge is -2.17. The molecule has 112 valence electrons. The Morgan fingerprint density at radius 2 is 1.91 bits per heavy atom. The highest BCUT2D eigenvalue weighted by molar-refractivity contribution is 6.31. The van der Waals surface area contributed by atoms with Gasteiger partial charge in [0.15, 0.2) is 0 Å². The molecule has 3 rings (SSSR count). The zero-order valence-electron chi connectivity index (χ0n) is 12.0. The highest BCUT2D eigenvalue weighted by atomic mass is 35.5. The minimum absolute atomic E-state index is 0.139. The van der Waals surface area contributed by atoms with E-state index >= 15 is 0 Å². The smallest absolute Gasteiger partial charge is 0.256 e. The van der Waals surface area contributed by atoms with Crippen molar-refractivity contribution in [2.75, 3.05) is 10.2 Å². The number of carbonyl (C=O) groups excluding carboxylic acids is 2. The number of anilines is 2. The van der Waals surface area contributed by atoms with E-state index in [4.69, 9.17) is 11.6 Å². The molecule has 2 aromatic carbocycles. The van der Waals surface area contributed by atoms with Crippen molar-refractivity contribution < 1.29 is 9.59 Å². The number of nitrogens with zero attached hydrogens (tertiary/aromatic N) is 1. The summed E-state index contributed by atoms with van der Waals surface area (Å²) < 4.78 is 0. The quantitative estimate of drug-likeness (QED) is 0.883. The van der Waals surface area contributed by atoms with E-state index in [-0.39, 0.29) is 18.2 Å². The number of imide groups is 1. The van der Waals surface area contributed by atoms with Gasteiger partial charge in [-0.15, -0.1) is 0 Å². The number of halogens is 1. The Morgan fingerprint density at radius 3 is 2.64 bits per heavy atom. The maximum absolute atomic E-state index is 12.5. The summed E-state index contributed by atoms with van der Waals surface area (Å²) in [6, 6.07) is 13.9. The summed E-state index contributed by atoms with van der Waals surface area (Å²) in [6.07, 6.45) is 0.139. The van der Waals surface area contributed by atoms with E-state index in [2.05, 4.69) is 5.32 Å². The summed E-state index contributed by atoms with van der Waals surface area (Å²) in [5.74, 6) is -0.478. The molecule has 1 N–H and O–H groups in total. The molecule has 2 aromatic rings. The standard InChI is InChI=1S/C17H15ClN2O2/c1-11-5-2-3-8-14(11)19-15-10-16(21)20(17(15)22)13-7-4-6-12(18)9-13/h2-9,15,19H,10H2,1H3/t15-/m0/s1. The summed E-state index contributed by atoms with van der Waals surface area (Å²) in [7, 11) is 0. The van der Waals surface area contributed by atoms with Crippen molar-refractivity contribution in [2.45, 2.75) is 19.4 Å². The van der Waals surface area contributed by atoms with Crippen molar-refractivity contribution >= 4 is 34.8 Å². The van der Waals surface area contributed by atoms with Crippen LogP contribution in [0, 0.1) is 6.92 Å². The lowest BCUT2D eigenvalue weighted by molar-refractivity contribution is -0.121. The van der Waals surface area contributed by atoms with Crippen molar-refractivity contribution in [2.24, 2.45) is 0 Å². The van der Waals surface area contributed by atoms with Crippen molar-refractivity contribution in [3.63, 3.8) is 0 Å². The van der Waals surface area contributed by atoms with Crippen molar-refractivity contribution in [3.8, 4) is 0 Å². The molecule has 2 amide bonds. The van der Waals surface area contributed by atoms with Crippen LogP contribution in [0.15, 0.2) is 48.5 Å². The Bertz CT molecular complexity index is 745. The second-order valence-electron chi connectivity index (χ2n) is 5.26. The van der Waals surface area contributed by atoms with Crippen LogP contribution < -0.4 is 10.2 Å². The van der Waals surface area contributed by atoms with Crippen molar-refractivity contribution in [1.29, 1.82) is 0 Å². The van der Waals surface area contributed by atoms with Gasteiger partial charge >= 0.3 is 0 Å². The van der Waals surface area contributed by atoms with Crippen LogP contribution in [-0.4, -0.2) is 17.9 Å². The van der Waals surface area contributed by atoms with E-state index in [0.717, 1.165) is 11.3 Å². The molecular formula is C17H15ClN2O2. The monoisotopic (exact) mass is 314 g/mol. The molecule has 0 bridgehead atoms. The van der Waals surface area contributed by atoms with Gasteiger partial charge in [0.2, 0.25) is 5.91 Å². The Balaban J connectivity index is 1.84. The fourth-order valence-electron chi connectivity index (χ4n) is 2.55.